The van der Waals surface area contributed by atoms with Crippen LogP contribution in [0.3, 0.4) is 0 Å². The van der Waals surface area contributed by atoms with E-state index in [1.54, 1.807) is 16.7 Å². The van der Waals surface area contributed by atoms with E-state index in [1.165, 1.54) is 18.2 Å². The van der Waals surface area contributed by atoms with Gasteiger partial charge >= 0.3 is 12.5 Å². The molecular formula is C21H17F5N4O2S. The van der Waals surface area contributed by atoms with Crippen LogP contribution in [0.4, 0.5) is 32.4 Å². The van der Waals surface area contributed by atoms with Gasteiger partial charge in [-0.3, -0.25) is 4.90 Å². The number of hydrogen-bond acceptors (Lipinski definition) is 5. The van der Waals surface area contributed by atoms with Crippen molar-refractivity contribution in [3.05, 3.63) is 65.3 Å². The van der Waals surface area contributed by atoms with Gasteiger partial charge in [-0.25, -0.2) is 18.0 Å². The Kier molecular flexibility index (Phi) is 6.82. The normalized spacial score (nSPS) is 14.1. The van der Waals surface area contributed by atoms with E-state index in [0.717, 1.165) is 34.6 Å². The Balaban J connectivity index is 1.63. The Hall–Kier alpha value is -3.15. The molecule has 0 unspecified atom stereocenters. The fourth-order valence-corrected chi connectivity index (χ4v) is 4.17. The summed E-state index contributed by atoms with van der Waals surface area (Å²) in [6.07, 6.45) is -2.96. The zero-order valence-corrected chi connectivity index (χ0v) is 17.8. The molecule has 174 valence electrons. The van der Waals surface area contributed by atoms with E-state index in [2.05, 4.69) is 10.2 Å². The van der Waals surface area contributed by atoms with Crippen LogP contribution in [-0.4, -0.2) is 45.7 Å². The molecule has 33 heavy (non-hydrogen) atoms. The Morgan fingerprint density at radius 2 is 1.79 bits per heavy atom. The van der Waals surface area contributed by atoms with Gasteiger partial charge in [-0.2, -0.15) is 20.5 Å². The molecule has 1 aliphatic rings. The number of halogens is 5. The van der Waals surface area contributed by atoms with Crippen molar-refractivity contribution in [3.63, 3.8) is 0 Å². The molecule has 1 aromatic heterocycles. The maximum Gasteiger partial charge on any atom is 0.324 e. The first-order valence-corrected chi connectivity index (χ1v) is 11.0. The molecule has 0 bridgehead atoms. The first-order chi connectivity index (χ1) is 15.8. The number of carbonyl (C=O) groups is 1. The molecule has 0 spiro atoms. The Labute approximate surface area is 189 Å². The van der Waals surface area contributed by atoms with E-state index in [9.17, 15) is 26.7 Å². The molecular weight excluding hydrogens is 467 g/mol. The number of nitrogens with zero attached hydrogens (tertiary/aromatic N) is 4. The number of carbonyl (C=O) groups excluding carboxylic acids is 1. The average Bonchev–Trinajstić information content (AvgIpc) is 3.31. The molecule has 1 fully saturated rings. The summed E-state index contributed by atoms with van der Waals surface area (Å²) in [6, 6.07) is 6.28. The van der Waals surface area contributed by atoms with Crippen molar-refractivity contribution in [1.82, 2.24) is 15.1 Å². The standard InChI is InChI=1S/C21H17F5N4O2S/c22-15-4-3-14(10-17(15)24)30(21(31)29-5-7-33-8-6-29)11-13-2-1-12(9-16(13)23)19-27-28-20(32-19)18(25)26/h1-4,9-10,18H,5-8,11H2. The number of hydrogen-bond donors (Lipinski definition) is 0. The van der Waals surface area contributed by atoms with Gasteiger partial charge < -0.3 is 9.32 Å². The Morgan fingerprint density at radius 3 is 2.42 bits per heavy atom. The van der Waals surface area contributed by atoms with Crippen molar-refractivity contribution >= 4 is 23.5 Å². The minimum Gasteiger partial charge on any atom is -0.415 e. The predicted molar refractivity (Wildman–Crippen MR) is 111 cm³/mol. The molecule has 6 nitrogen and oxygen atoms in total. The van der Waals surface area contributed by atoms with Crippen LogP contribution in [0, 0.1) is 17.5 Å². The van der Waals surface area contributed by atoms with E-state index >= 15 is 0 Å². The highest BCUT2D eigenvalue weighted by Gasteiger charge is 2.26. The van der Waals surface area contributed by atoms with Crippen LogP contribution < -0.4 is 4.90 Å². The number of anilines is 1. The number of urea groups is 1. The quantitative estimate of drug-likeness (QED) is 0.462. The van der Waals surface area contributed by atoms with Crippen LogP contribution in [0.25, 0.3) is 11.5 Å². The number of thioether (sulfide) groups is 1. The van der Waals surface area contributed by atoms with Gasteiger partial charge in [0.05, 0.1) is 6.54 Å². The summed E-state index contributed by atoms with van der Waals surface area (Å²) in [5.74, 6) is -2.69. The van der Waals surface area contributed by atoms with Gasteiger partial charge in [0.15, 0.2) is 11.6 Å². The molecule has 1 aliphatic heterocycles. The Bertz CT molecular complexity index is 1150. The molecule has 2 heterocycles. The van der Waals surface area contributed by atoms with Crippen molar-refractivity contribution in [3.8, 4) is 11.5 Å². The third kappa shape index (κ3) is 5.10. The second-order valence-electron chi connectivity index (χ2n) is 7.12. The zero-order chi connectivity index (χ0) is 23.5. The number of amides is 2. The van der Waals surface area contributed by atoms with E-state index in [4.69, 9.17) is 4.42 Å². The SMILES string of the molecule is O=C(N1CCSCC1)N(Cc1ccc(-c2nnc(C(F)F)o2)cc1F)c1ccc(F)c(F)c1. The molecule has 0 aliphatic carbocycles. The molecule has 0 radical (unpaired) electrons. The highest BCUT2D eigenvalue weighted by Crippen LogP contribution is 2.27. The van der Waals surface area contributed by atoms with Gasteiger partial charge in [-0.1, -0.05) is 6.07 Å². The van der Waals surface area contributed by atoms with Gasteiger partial charge in [-0.15, -0.1) is 10.2 Å². The van der Waals surface area contributed by atoms with E-state index in [1.807, 2.05) is 0 Å². The lowest BCUT2D eigenvalue weighted by Crippen LogP contribution is -2.46. The fourth-order valence-electron chi connectivity index (χ4n) is 3.27. The molecule has 1 saturated heterocycles. The van der Waals surface area contributed by atoms with E-state index in [0.29, 0.717) is 13.1 Å². The van der Waals surface area contributed by atoms with Crippen molar-refractivity contribution in [2.75, 3.05) is 29.5 Å². The molecule has 0 N–H and O–H groups in total. The number of benzene rings is 2. The largest absolute Gasteiger partial charge is 0.415 e. The van der Waals surface area contributed by atoms with E-state index in [-0.39, 0.29) is 29.2 Å². The molecule has 2 amide bonds. The van der Waals surface area contributed by atoms with Crippen molar-refractivity contribution in [2.24, 2.45) is 0 Å². The van der Waals surface area contributed by atoms with Gasteiger partial charge in [0.25, 0.3) is 5.89 Å². The predicted octanol–water partition coefficient (Wildman–Crippen LogP) is 5.27. The maximum absolute atomic E-state index is 14.9. The van der Waals surface area contributed by atoms with Crippen LogP contribution in [0.1, 0.15) is 17.9 Å². The van der Waals surface area contributed by atoms with Gasteiger partial charge in [0, 0.05) is 47.5 Å². The van der Waals surface area contributed by atoms with Crippen molar-refractivity contribution in [1.29, 1.82) is 0 Å². The second kappa shape index (κ2) is 9.77. The topological polar surface area (TPSA) is 62.5 Å². The number of alkyl halides is 2. The van der Waals surface area contributed by atoms with E-state index < -0.39 is 35.8 Å². The maximum atomic E-state index is 14.9. The lowest BCUT2D eigenvalue weighted by molar-refractivity contribution is 0.116. The summed E-state index contributed by atoms with van der Waals surface area (Å²) in [5.41, 5.74) is 0.213. The molecule has 3 aromatic rings. The molecule has 2 aromatic carbocycles. The summed E-state index contributed by atoms with van der Waals surface area (Å²) in [6.45, 7) is 0.662. The number of rotatable bonds is 5. The molecule has 0 saturated carbocycles. The smallest absolute Gasteiger partial charge is 0.324 e. The van der Waals surface area contributed by atoms with Crippen LogP contribution in [-0.2, 0) is 6.54 Å². The fraction of sp³-hybridized carbons (Fsp3) is 0.286. The first-order valence-electron chi connectivity index (χ1n) is 9.83. The van der Waals surface area contributed by atoms with Crippen LogP contribution in [0.2, 0.25) is 0 Å². The minimum atomic E-state index is -2.96. The monoisotopic (exact) mass is 484 g/mol. The van der Waals surface area contributed by atoms with Crippen LogP contribution in [0.15, 0.2) is 40.8 Å². The average molecular weight is 484 g/mol. The van der Waals surface area contributed by atoms with Gasteiger partial charge in [-0.05, 0) is 24.3 Å². The van der Waals surface area contributed by atoms with Crippen LogP contribution >= 0.6 is 11.8 Å². The first kappa shape index (κ1) is 23.0. The number of aromatic nitrogens is 2. The minimum absolute atomic E-state index is 0.0665. The second-order valence-corrected chi connectivity index (χ2v) is 8.34. The highest BCUT2D eigenvalue weighted by molar-refractivity contribution is 7.99. The van der Waals surface area contributed by atoms with Crippen LogP contribution in [0.5, 0.6) is 0 Å². The molecule has 12 heteroatoms. The summed E-state index contributed by atoms with van der Waals surface area (Å²) in [5, 5.41) is 6.69. The third-order valence-corrected chi connectivity index (χ3v) is 5.93. The summed E-state index contributed by atoms with van der Waals surface area (Å²) in [4.78, 5) is 15.9. The van der Waals surface area contributed by atoms with Crippen molar-refractivity contribution < 1.29 is 31.2 Å². The summed E-state index contributed by atoms with van der Waals surface area (Å²) >= 11 is 1.69. The Morgan fingerprint density at radius 1 is 1.03 bits per heavy atom. The lowest BCUT2D eigenvalue weighted by Gasteiger charge is -2.33. The van der Waals surface area contributed by atoms with Gasteiger partial charge in [0.1, 0.15) is 5.82 Å². The van der Waals surface area contributed by atoms with Gasteiger partial charge in [0.2, 0.25) is 5.89 Å². The van der Waals surface area contributed by atoms with Crippen molar-refractivity contribution in [2.45, 2.75) is 13.0 Å². The lowest BCUT2D eigenvalue weighted by atomic mass is 10.1. The highest BCUT2D eigenvalue weighted by atomic mass is 32.2. The summed E-state index contributed by atoms with van der Waals surface area (Å²) < 4.78 is 72.4. The molecule has 0 atom stereocenters. The third-order valence-electron chi connectivity index (χ3n) is 4.98. The zero-order valence-electron chi connectivity index (χ0n) is 17.0. The summed E-state index contributed by atoms with van der Waals surface area (Å²) in [7, 11) is 0. The molecule has 4 rings (SSSR count).